The monoisotopic (exact) mass is 441 g/mol. The molecular formula is C24H25F2N3O3. The largest absolute Gasteiger partial charge is 0.493 e. The minimum atomic E-state index is -1.30. The first kappa shape index (κ1) is 20.9. The molecule has 3 aliphatic rings. The van der Waals surface area contributed by atoms with Crippen LogP contribution in [0.15, 0.2) is 47.5 Å². The van der Waals surface area contributed by atoms with Crippen molar-refractivity contribution < 1.29 is 23.0 Å². The summed E-state index contributed by atoms with van der Waals surface area (Å²) in [6, 6.07) is 10.5. The second-order valence-corrected chi connectivity index (χ2v) is 8.83. The molecule has 0 spiro atoms. The molecule has 5 rings (SSSR count). The molecule has 0 unspecified atom stereocenters. The first-order valence-corrected chi connectivity index (χ1v) is 10.8. The third-order valence-corrected chi connectivity index (χ3v) is 6.65. The third-order valence-electron chi connectivity index (χ3n) is 6.65. The van der Waals surface area contributed by atoms with Crippen LogP contribution in [-0.2, 0) is 15.1 Å². The van der Waals surface area contributed by atoms with E-state index in [9.17, 15) is 9.18 Å². The van der Waals surface area contributed by atoms with Crippen molar-refractivity contribution in [3.05, 3.63) is 65.2 Å². The van der Waals surface area contributed by atoms with Gasteiger partial charge in [-0.2, -0.15) is 0 Å². The molecule has 3 atom stereocenters. The summed E-state index contributed by atoms with van der Waals surface area (Å²) in [5, 5.41) is 0. The van der Waals surface area contributed by atoms with Crippen LogP contribution in [0.25, 0.3) is 0 Å². The number of amides is 1. The highest BCUT2D eigenvalue weighted by Crippen LogP contribution is 2.49. The van der Waals surface area contributed by atoms with E-state index in [0.29, 0.717) is 18.3 Å². The lowest BCUT2D eigenvalue weighted by Gasteiger charge is -2.47. The van der Waals surface area contributed by atoms with Gasteiger partial charge in [-0.25, -0.2) is 13.8 Å². The van der Waals surface area contributed by atoms with E-state index in [1.165, 1.54) is 23.1 Å². The predicted octanol–water partition coefficient (Wildman–Crippen LogP) is 3.51. The van der Waals surface area contributed by atoms with Crippen molar-refractivity contribution in [2.75, 3.05) is 20.3 Å². The van der Waals surface area contributed by atoms with Gasteiger partial charge in [0.15, 0.2) is 5.96 Å². The Hall–Kier alpha value is -3.00. The van der Waals surface area contributed by atoms with Gasteiger partial charge in [-0.1, -0.05) is 12.1 Å². The van der Waals surface area contributed by atoms with Gasteiger partial charge in [-0.15, -0.1) is 0 Å². The van der Waals surface area contributed by atoms with Crippen LogP contribution in [-0.4, -0.2) is 37.0 Å². The molecule has 32 heavy (non-hydrogen) atoms. The van der Waals surface area contributed by atoms with Crippen LogP contribution < -0.4 is 10.5 Å². The fraction of sp³-hybridized carbons (Fsp3) is 0.417. The molecule has 8 heteroatoms. The van der Waals surface area contributed by atoms with Gasteiger partial charge in [-0.05, 0) is 61.1 Å². The number of carbonyl (C=O) groups is 1. The second-order valence-electron chi connectivity index (χ2n) is 8.83. The van der Waals surface area contributed by atoms with Crippen molar-refractivity contribution in [1.82, 2.24) is 4.90 Å². The fourth-order valence-electron chi connectivity index (χ4n) is 4.51. The highest BCUT2D eigenvalue weighted by atomic mass is 19.1. The van der Waals surface area contributed by atoms with E-state index in [0.717, 1.165) is 18.4 Å². The minimum Gasteiger partial charge on any atom is -0.493 e. The van der Waals surface area contributed by atoms with Gasteiger partial charge in [0.25, 0.3) is 0 Å². The molecular weight excluding hydrogens is 416 g/mol. The summed E-state index contributed by atoms with van der Waals surface area (Å²) in [6.07, 6.45) is 2.09. The van der Waals surface area contributed by atoms with Crippen LogP contribution in [0, 0.1) is 23.5 Å². The molecule has 2 aromatic rings. The topological polar surface area (TPSA) is 77.2 Å². The second kappa shape index (κ2) is 7.85. The molecule has 2 fully saturated rings. The molecule has 1 amide bonds. The Bertz CT molecular complexity index is 1070. The third kappa shape index (κ3) is 3.62. The van der Waals surface area contributed by atoms with Crippen LogP contribution in [0.4, 0.5) is 8.78 Å². The fourth-order valence-corrected chi connectivity index (χ4v) is 4.51. The maximum Gasteiger partial charge on any atom is 0.235 e. The molecule has 168 valence electrons. The molecule has 2 aliphatic heterocycles. The van der Waals surface area contributed by atoms with Gasteiger partial charge < -0.3 is 15.2 Å². The Morgan fingerprint density at radius 3 is 2.69 bits per heavy atom. The van der Waals surface area contributed by atoms with Crippen molar-refractivity contribution in [2.45, 2.75) is 30.9 Å². The van der Waals surface area contributed by atoms with Gasteiger partial charge in [-0.3, -0.25) is 9.69 Å². The molecule has 6 nitrogen and oxygen atoms in total. The Morgan fingerprint density at radius 2 is 1.97 bits per heavy atom. The van der Waals surface area contributed by atoms with Gasteiger partial charge in [0.1, 0.15) is 22.9 Å². The molecule has 2 heterocycles. The number of carbonyl (C=O) groups excluding carboxylic acids is 1. The molecule has 1 saturated carbocycles. The number of rotatable bonds is 5. The number of hydrogen-bond donors (Lipinski definition) is 1. The quantitative estimate of drug-likeness (QED) is 0.770. The molecule has 0 aromatic heterocycles. The molecule has 1 aliphatic carbocycles. The van der Waals surface area contributed by atoms with Crippen molar-refractivity contribution in [2.24, 2.45) is 22.6 Å². The standard InChI is InChI=1S/C24H25F2N3O3/c1-29-22(30)19-11-21(15-4-6-16(25)7-5-15)32-13-24(19,28-23(29)27)18-10-17(8-9-20(18)26)31-12-14-2-3-14/h4-10,14,19,21H,2-3,11-13H2,1H3,(H2,27,28)/t19-,21+,24+/m0/s1. The van der Waals surface area contributed by atoms with E-state index < -0.39 is 23.4 Å². The molecule has 2 N–H and O–H groups in total. The van der Waals surface area contributed by atoms with Crippen LogP contribution in [0.1, 0.15) is 36.5 Å². The first-order chi connectivity index (χ1) is 15.4. The highest BCUT2D eigenvalue weighted by Gasteiger charge is 2.54. The lowest BCUT2D eigenvalue weighted by molar-refractivity contribution is -0.146. The molecule has 1 saturated heterocycles. The lowest BCUT2D eigenvalue weighted by Crippen LogP contribution is -2.58. The predicted molar refractivity (Wildman–Crippen MR) is 114 cm³/mol. The summed E-state index contributed by atoms with van der Waals surface area (Å²) in [7, 11) is 1.55. The summed E-state index contributed by atoms with van der Waals surface area (Å²) in [5.41, 5.74) is 5.75. The number of nitrogens with zero attached hydrogens (tertiary/aromatic N) is 2. The number of hydrogen-bond acceptors (Lipinski definition) is 5. The van der Waals surface area contributed by atoms with Gasteiger partial charge in [0.2, 0.25) is 5.91 Å². The first-order valence-electron chi connectivity index (χ1n) is 10.8. The lowest BCUT2D eigenvalue weighted by atomic mass is 9.72. The minimum absolute atomic E-state index is 0.0128. The van der Waals surface area contributed by atoms with E-state index >= 15 is 4.39 Å². The van der Waals surface area contributed by atoms with E-state index in [1.54, 1.807) is 31.3 Å². The average Bonchev–Trinajstić information content (AvgIpc) is 3.62. The Kier molecular flexibility index (Phi) is 5.12. The zero-order valence-electron chi connectivity index (χ0n) is 17.8. The maximum absolute atomic E-state index is 15.2. The summed E-state index contributed by atoms with van der Waals surface area (Å²) in [6.45, 7) is 0.542. The van der Waals surface area contributed by atoms with Crippen LogP contribution in [0.2, 0.25) is 0 Å². The zero-order chi connectivity index (χ0) is 22.5. The zero-order valence-corrected chi connectivity index (χ0v) is 17.8. The SMILES string of the molecule is CN1C(=O)[C@@H]2C[C@H](c3ccc(F)cc3)OC[C@]2(c2cc(OCC3CC3)ccc2F)N=C1N. The Balaban J connectivity index is 1.53. The van der Waals surface area contributed by atoms with Crippen LogP contribution >= 0.6 is 0 Å². The number of fused-ring (bicyclic) bond motifs is 1. The van der Waals surface area contributed by atoms with Gasteiger partial charge >= 0.3 is 0 Å². The summed E-state index contributed by atoms with van der Waals surface area (Å²) in [5.74, 6) is -0.710. The molecule has 2 aromatic carbocycles. The molecule has 0 bridgehead atoms. The number of halogens is 2. The van der Waals surface area contributed by atoms with Crippen molar-refractivity contribution in [1.29, 1.82) is 0 Å². The van der Waals surface area contributed by atoms with E-state index in [1.807, 2.05) is 0 Å². The Labute approximate surface area is 185 Å². The van der Waals surface area contributed by atoms with Gasteiger partial charge in [0, 0.05) is 12.6 Å². The van der Waals surface area contributed by atoms with E-state index in [4.69, 9.17) is 15.2 Å². The number of nitrogens with two attached hydrogens (primary N) is 1. The smallest absolute Gasteiger partial charge is 0.235 e. The normalized spacial score (nSPS) is 27.7. The van der Waals surface area contributed by atoms with E-state index in [2.05, 4.69) is 4.99 Å². The van der Waals surface area contributed by atoms with Crippen molar-refractivity contribution in [3.8, 4) is 5.75 Å². The number of aliphatic imine (C=N–C) groups is 1. The van der Waals surface area contributed by atoms with Gasteiger partial charge in [0.05, 0.1) is 25.2 Å². The number of guanidine groups is 1. The summed E-state index contributed by atoms with van der Waals surface area (Å²) in [4.78, 5) is 19.2. The number of benzene rings is 2. The summed E-state index contributed by atoms with van der Waals surface area (Å²) >= 11 is 0. The maximum atomic E-state index is 15.2. The number of ether oxygens (including phenoxy) is 2. The van der Waals surface area contributed by atoms with Crippen LogP contribution in [0.5, 0.6) is 5.75 Å². The molecule has 0 radical (unpaired) electrons. The van der Waals surface area contributed by atoms with E-state index in [-0.39, 0.29) is 36.3 Å². The van der Waals surface area contributed by atoms with Crippen molar-refractivity contribution >= 4 is 11.9 Å². The van der Waals surface area contributed by atoms with Crippen molar-refractivity contribution in [3.63, 3.8) is 0 Å². The Morgan fingerprint density at radius 1 is 1.22 bits per heavy atom. The van der Waals surface area contributed by atoms with Crippen LogP contribution in [0.3, 0.4) is 0 Å². The average molecular weight is 441 g/mol. The highest BCUT2D eigenvalue weighted by molar-refractivity contribution is 6.00. The summed E-state index contributed by atoms with van der Waals surface area (Å²) < 4.78 is 40.5.